The topological polar surface area (TPSA) is 63.4 Å². The average molecular weight is 280 g/mol. The van der Waals surface area contributed by atoms with Gasteiger partial charge in [-0.3, -0.25) is 4.79 Å². The van der Waals surface area contributed by atoms with Crippen LogP contribution in [0.5, 0.6) is 0 Å². The Hall–Kier alpha value is -1.17. The number of fused-ring (bicyclic) bond motifs is 1. The van der Waals surface area contributed by atoms with Crippen molar-refractivity contribution in [2.45, 2.75) is 31.7 Å². The van der Waals surface area contributed by atoms with Crippen molar-refractivity contribution < 1.29 is 9.47 Å². The third-order valence-corrected chi connectivity index (χ3v) is 3.62. The summed E-state index contributed by atoms with van der Waals surface area (Å²) in [6.45, 7) is 2.98. The zero-order valence-electron chi connectivity index (χ0n) is 12.1. The molecule has 5 nitrogen and oxygen atoms in total. The van der Waals surface area contributed by atoms with E-state index in [9.17, 15) is 4.79 Å². The Balaban J connectivity index is 1.73. The number of aromatic nitrogens is 1. The second-order valence-corrected chi connectivity index (χ2v) is 5.11. The molecular formula is C15H24N2O3. The Bertz CT molecular complexity index is 459. The van der Waals surface area contributed by atoms with Gasteiger partial charge >= 0.3 is 0 Å². The third-order valence-electron chi connectivity index (χ3n) is 3.62. The Morgan fingerprint density at radius 2 is 2.25 bits per heavy atom. The van der Waals surface area contributed by atoms with Gasteiger partial charge in [0.25, 0.3) is 0 Å². The number of methoxy groups -OCH3 is 1. The summed E-state index contributed by atoms with van der Waals surface area (Å²) in [6, 6.07) is 3.93. The molecular weight excluding hydrogens is 256 g/mol. The molecule has 0 amide bonds. The summed E-state index contributed by atoms with van der Waals surface area (Å²) >= 11 is 0. The van der Waals surface area contributed by atoms with Crippen molar-refractivity contribution in [3.63, 3.8) is 0 Å². The minimum absolute atomic E-state index is 0.00376. The number of aromatic amines is 1. The van der Waals surface area contributed by atoms with Crippen molar-refractivity contribution in [2.24, 2.45) is 0 Å². The van der Waals surface area contributed by atoms with Crippen LogP contribution in [0, 0.1) is 0 Å². The quantitative estimate of drug-likeness (QED) is 0.707. The number of nitrogens with one attached hydrogen (secondary N) is 2. The summed E-state index contributed by atoms with van der Waals surface area (Å²) in [7, 11) is 1.68. The van der Waals surface area contributed by atoms with Crippen molar-refractivity contribution >= 4 is 0 Å². The lowest BCUT2D eigenvalue weighted by atomic mass is 9.91. The molecule has 1 unspecified atom stereocenters. The van der Waals surface area contributed by atoms with E-state index in [1.54, 1.807) is 13.2 Å². The molecule has 1 atom stereocenters. The molecule has 0 aromatic carbocycles. The Morgan fingerprint density at radius 3 is 3.10 bits per heavy atom. The highest BCUT2D eigenvalue weighted by molar-refractivity contribution is 5.26. The minimum Gasteiger partial charge on any atom is -0.382 e. The molecule has 1 aromatic heterocycles. The van der Waals surface area contributed by atoms with Gasteiger partial charge in [-0.05, 0) is 37.8 Å². The van der Waals surface area contributed by atoms with Crippen LogP contribution in [0.15, 0.2) is 16.9 Å². The number of hydrogen-bond donors (Lipinski definition) is 2. The Labute approximate surface area is 119 Å². The van der Waals surface area contributed by atoms with E-state index in [1.807, 2.05) is 6.07 Å². The van der Waals surface area contributed by atoms with Crippen LogP contribution in [0.4, 0.5) is 0 Å². The lowest BCUT2D eigenvalue weighted by Crippen LogP contribution is -2.28. The van der Waals surface area contributed by atoms with Crippen LogP contribution in [0.2, 0.25) is 0 Å². The molecule has 112 valence electrons. The maximum Gasteiger partial charge on any atom is 0.248 e. The monoisotopic (exact) mass is 280 g/mol. The fourth-order valence-corrected chi connectivity index (χ4v) is 2.61. The molecule has 20 heavy (non-hydrogen) atoms. The first kappa shape index (κ1) is 15.2. The van der Waals surface area contributed by atoms with E-state index in [4.69, 9.17) is 9.47 Å². The Kier molecular flexibility index (Phi) is 6.24. The molecule has 2 N–H and O–H groups in total. The average Bonchev–Trinajstić information content (AvgIpc) is 2.46. The van der Waals surface area contributed by atoms with Crippen LogP contribution >= 0.6 is 0 Å². The fraction of sp³-hybridized carbons (Fsp3) is 0.667. The molecule has 1 aliphatic rings. The van der Waals surface area contributed by atoms with E-state index < -0.39 is 0 Å². The largest absolute Gasteiger partial charge is 0.382 e. The molecule has 0 aliphatic heterocycles. The van der Waals surface area contributed by atoms with E-state index in [-0.39, 0.29) is 5.56 Å². The zero-order valence-corrected chi connectivity index (χ0v) is 12.1. The van der Waals surface area contributed by atoms with E-state index in [0.717, 1.165) is 44.5 Å². The maximum absolute atomic E-state index is 11.3. The highest BCUT2D eigenvalue weighted by atomic mass is 16.5. The Morgan fingerprint density at radius 1 is 1.35 bits per heavy atom. The van der Waals surface area contributed by atoms with Crippen LogP contribution in [-0.2, 0) is 15.9 Å². The molecule has 0 fully saturated rings. The first-order chi connectivity index (χ1) is 9.81. The second kappa shape index (κ2) is 8.19. The lowest BCUT2D eigenvalue weighted by Gasteiger charge is -2.26. The number of H-pyrrole nitrogens is 1. The molecule has 1 aromatic rings. The summed E-state index contributed by atoms with van der Waals surface area (Å²) < 4.78 is 10.4. The van der Waals surface area contributed by atoms with Crippen LogP contribution in [0.3, 0.4) is 0 Å². The smallest absolute Gasteiger partial charge is 0.248 e. The molecule has 5 heteroatoms. The van der Waals surface area contributed by atoms with Gasteiger partial charge < -0.3 is 19.8 Å². The van der Waals surface area contributed by atoms with Crippen LogP contribution in [0.25, 0.3) is 0 Å². The van der Waals surface area contributed by atoms with E-state index in [0.29, 0.717) is 19.3 Å². The van der Waals surface area contributed by atoms with Gasteiger partial charge in [-0.25, -0.2) is 0 Å². The maximum atomic E-state index is 11.3. The van der Waals surface area contributed by atoms with Gasteiger partial charge in [0, 0.05) is 31.5 Å². The number of hydrogen-bond acceptors (Lipinski definition) is 4. The van der Waals surface area contributed by atoms with Crippen molar-refractivity contribution in [1.82, 2.24) is 10.3 Å². The standard InChI is InChI=1S/C15H24N2O3/c1-19-10-11-20-9-3-8-16-13-4-2-5-14-12(13)6-7-15(18)17-14/h6-7,13,16H,2-5,8-11H2,1H3,(H,17,18). The van der Waals surface area contributed by atoms with Crippen molar-refractivity contribution in [1.29, 1.82) is 0 Å². The van der Waals surface area contributed by atoms with Gasteiger partial charge in [-0.15, -0.1) is 0 Å². The van der Waals surface area contributed by atoms with E-state index in [1.165, 1.54) is 5.56 Å². The highest BCUT2D eigenvalue weighted by Gasteiger charge is 2.19. The molecule has 0 bridgehead atoms. The molecule has 1 aliphatic carbocycles. The predicted molar refractivity (Wildman–Crippen MR) is 78.1 cm³/mol. The highest BCUT2D eigenvalue weighted by Crippen LogP contribution is 2.27. The molecule has 0 spiro atoms. The van der Waals surface area contributed by atoms with Crippen LogP contribution in [0.1, 0.15) is 36.6 Å². The lowest BCUT2D eigenvalue weighted by molar-refractivity contribution is 0.0692. The second-order valence-electron chi connectivity index (χ2n) is 5.11. The summed E-state index contributed by atoms with van der Waals surface area (Å²) in [5.41, 5.74) is 2.34. The summed E-state index contributed by atoms with van der Waals surface area (Å²) in [5, 5.41) is 3.55. The van der Waals surface area contributed by atoms with Gasteiger partial charge in [-0.2, -0.15) is 0 Å². The first-order valence-electron chi connectivity index (χ1n) is 7.33. The number of ether oxygens (including phenoxy) is 2. The van der Waals surface area contributed by atoms with E-state index >= 15 is 0 Å². The normalized spacial score (nSPS) is 17.9. The predicted octanol–water partition coefficient (Wildman–Crippen LogP) is 1.39. The van der Waals surface area contributed by atoms with Crippen molar-refractivity contribution in [3.8, 4) is 0 Å². The van der Waals surface area contributed by atoms with Gasteiger partial charge in [0.15, 0.2) is 0 Å². The summed E-state index contributed by atoms with van der Waals surface area (Å²) in [5.74, 6) is 0. The third kappa shape index (κ3) is 4.44. The van der Waals surface area contributed by atoms with Crippen LogP contribution in [-0.4, -0.2) is 38.5 Å². The molecule has 1 heterocycles. The molecule has 2 rings (SSSR count). The van der Waals surface area contributed by atoms with Crippen LogP contribution < -0.4 is 10.9 Å². The minimum atomic E-state index is -0.00376. The number of rotatable bonds is 8. The SMILES string of the molecule is COCCOCCCNC1CCCc2[nH]c(=O)ccc21. The molecule has 0 saturated carbocycles. The number of aryl methyl sites for hydroxylation is 1. The fourth-order valence-electron chi connectivity index (χ4n) is 2.61. The van der Waals surface area contributed by atoms with Crippen molar-refractivity contribution in [2.75, 3.05) is 33.5 Å². The zero-order chi connectivity index (χ0) is 14.2. The van der Waals surface area contributed by atoms with Gasteiger partial charge in [-0.1, -0.05) is 6.07 Å². The van der Waals surface area contributed by atoms with E-state index in [2.05, 4.69) is 10.3 Å². The number of pyridine rings is 1. The van der Waals surface area contributed by atoms with Gasteiger partial charge in [0.05, 0.1) is 13.2 Å². The summed E-state index contributed by atoms with van der Waals surface area (Å²) in [6.07, 6.45) is 4.21. The molecule has 0 saturated heterocycles. The first-order valence-corrected chi connectivity index (χ1v) is 7.33. The van der Waals surface area contributed by atoms with Gasteiger partial charge in [0.1, 0.15) is 0 Å². The van der Waals surface area contributed by atoms with Crippen molar-refractivity contribution in [3.05, 3.63) is 33.7 Å². The summed E-state index contributed by atoms with van der Waals surface area (Å²) in [4.78, 5) is 14.3. The molecule has 0 radical (unpaired) electrons. The van der Waals surface area contributed by atoms with Gasteiger partial charge in [0.2, 0.25) is 5.56 Å².